The highest BCUT2D eigenvalue weighted by molar-refractivity contribution is 14.0. The molecule has 7 nitrogen and oxygen atoms in total. The maximum Gasteiger partial charge on any atom is 0.410 e. The van der Waals surface area contributed by atoms with E-state index in [0.29, 0.717) is 35.7 Å². The number of aliphatic imine (C=N–C) groups is 1. The van der Waals surface area contributed by atoms with Crippen LogP contribution in [0.15, 0.2) is 23.2 Å². The van der Waals surface area contributed by atoms with Crippen molar-refractivity contribution in [3.05, 3.63) is 23.2 Å². The van der Waals surface area contributed by atoms with E-state index in [4.69, 9.17) is 26.8 Å². The molecular weight excluding hydrogens is 507 g/mol. The molecule has 29 heavy (non-hydrogen) atoms. The predicted molar refractivity (Wildman–Crippen MR) is 129 cm³/mol. The number of amides is 1. The lowest BCUT2D eigenvalue weighted by atomic mass is 9.95. The third-order valence-corrected chi connectivity index (χ3v) is 4.71. The number of guanidine groups is 1. The van der Waals surface area contributed by atoms with E-state index < -0.39 is 5.60 Å². The number of nitrogens with two attached hydrogens (primary N) is 1. The average molecular weight is 539 g/mol. The number of likely N-dealkylation sites (tertiary alicyclic amines) is 1. The number of hydrogen-bond donors (Lipinski definition) is 2. The maximum atomic E-state index is 12.2. The monoisotopic (exact) mass is 538 g/mol. The second kappa shape index (κ2) is 11.7. The van der Waals surface area contributed by atoms with Gasteiger partial charge < -0.3 is 25.4 Å². The molecule has 3 N–H and O–H groups in total. The van der Waals surface area contributed by atoms with Crippen LogP contribution in [0.1, 0.15) is 40.0 Å². The highest BCUT2D eigenvalue weighted by Crippen LogP contribution is 2.27. The molecule has 1 aliphatic rings. The third-order valence-electron chi connectivity index (χ3n) is 4.41. The summed E-state index contributed by atoms with van der Waals surface area (Å²) in [5, 5.41) is 3.53. The molecule has 1 aromatic rings. The summed E-state index contributed by atoms with van der Waals surface area (Å²) in [4.78, 5) is 18.4. The lowest BCUT2D eigenvalue weighted by Gasteiger charge is -2.34. The van der Waals surface area contributed by atoms with E-state index in [1.165, 1.54) is 0 Å². The number of nitrogens with one attached hydrogen (secondary N) is 1. The third kappa shape index (κ3) is 8.86. The zero-order valence-corrected chi connectivity index (χ0v) is 20.6. The van der Waals surface area contributed by atoms with E-state index in [1.54, 1.807) is 24.1 Å². The van der Waals surface area contributed by atoms with Crippen LogP contribution in [0.5, 0.6) is 5.75 Å². The van der Waals surface area contributed by atoms with Crippen molar-refractivity contribution in [1.82, 2.24) is 4.90 Å². The number of methoxy groups -OCH3 is 1. The predicted octanol–water partition coefficient (Wildman–Crippen LogP) is 4.73. The van der Waals surface area contributed by atoms with Gasteiger partial charge in [-0.15, -0.1) is 24.0 Å². The van der Waals surface area contributed by atoms with Crippen LogP contribution >= 0.6 is 35.6 Å². The highest BCUT2D eigenvalue weighted by Gasteiger charge is 2.27. The Bertz CT molecular complexity index is 709. The standard InChI is InChI=1S/C20H31ClN4O3.HI/c1-20(2,3)28-19(26)25-11-5-6-14(13-25)9-10-23-18(22)24-15-7-8-17(27-4)16(21)12-15;/h7-8,12,14H,5-6,9-11,13H2,1-4H3,(H3,22,23,24);1H. The van der Waals surface area contributed by atoms with E-state index in [1.807, 2.05) is 26.8 Å². The number of ether oxygens (including phenoxy) is 2. The van der Waals surface area contributed by atoms with Crippen molar-refractivity contribution in [3.63, 3.8) is 0 Å². The van der Waals surface area contributed by atoms with Gasteiger partial charge >= 0.3 is 6.09 Å². The summed E-state index contributed by atoms with van der Waals surface area (Å²) in [5.41, 5.74) is 6.24. The van der Waals surface area contributed by atoms with Crippen molar-refractivity contribution in [1.29, 1.82) is 0 Å². The van der Waals surface area contributed by atoms with Gasteiger partial charge in [0.25, 0.3) is 0 Å². The van der Waals surface area contributed by atoms with Crippen molar-refractivity contribution < 1.29 is 14.3 Å². The maximum absolute atomic E-state index is 12.2. The molecule has 0 aromatic heterocycles. The minimum Gasteiger partial charge on any atom is -0.495 e. The summed E-state index contributed by atoms with van der Waals surface area (Å²) in [7, 11) is 1.57. The van der Waals surface area contributed by atoms with E-state index in [2.05, 4.69) is 10.3 Å². The average Bonchev–Trinajstić information content (AvgIpc) is 2.61. The first kappa shape index (κ1) is 25.6. The van der Waals surface area contributed by atoms with Crippen LogP contribution < -0.4 is 15.8 Å². The molecule has 1 aromatic carbocycles. The van der Waals surface area contributed by atoms with Gasteiger partial charge in [0, 0.05) is 25.3 Å². The molecule has 0 aliphatic carbocycles. The minimum absolute atomic E-state index is 0. The quantitative estimate of drug-likeness (QED) is 0.321. The van der Waals surface area contributed by atoms with Crippen LogP contribution in [0.2, 0.25) is 5.02 Å². The van der Waals surface area contributed by atoms with Gasteiger partial charge in [0.15, 0.2) is 5.96 Å². The van der Waals surface area contributed by atoms with Crippen molar-refractivity contribution in [2.75, 3.05) is 32.1 Å². The fraction of sp³-hybridized carbons (Fsp3) is 0.600. The first-order chi connectivity index (χ1) is 13.2. The molecule has 1 fully saturated rings. The van der Waals surface area contributed by atoms with Crippen LogP contribution in [0.25, 0.3) is 0 Å². The Hall–Kier alpha value is -1.42. The number of carbonyl (C=O) groups excluding carboxylic acids is 1. The molecule has 9 heteroatoms. The Kier molecular flexibility index (Phi) is 10.3. The van der Waals surface area contributed by atoms with Gasteiger partial charge in [-0.05, 0) is 64.2 Å². The van der Waals surface area contributed by atoms with Crippen LogP contribution in [-0.2, 0) is 4.74 Å². The number of piperidine rings is 1. The Morgan fingerprint density at radius 1 is 1.41 bits per heavy atom. The van der Waals surface area contributed by atoms with Crippen molar-refractivity contribution in [2.24, 2.45) is 16.6 Å². The summed E-state index contributed by atoms with van der Waals surface area (Å²) in [6.45, 7) is 7.68. The van der Waals surface area contributed by atoms with Gasteiger partial charge in [0.05, 0.1) is 12.1 Å². The Balaban J connectivity index is 0.00000420. The van der Waals surface area contributed by atoms with E-state index in [0.717, 1.165) is 31.5 Å². The highest BCUT2D eigenvalue weighted by atomic mass is 127. The molecule has 0 saturated carbocycles. The topological polar surface area (TPSA) is 89.2 Å². The molecule has 0 bridgehead atoms. The zero-order valence-electron chi connectivity index (χ0n) is 17.5. The van der Waals surface area contributed by atoms with Gasteiger partial charge in [-0.2, -0.15) is 0 Å². The second-order valence-electron chi connectivity index (χ2n) is 7.96. The minimum atomic E-state index is -0.473. The summed E-state index contributed by atoms with van der Waals surface area (Å²) in [6, 6.07) is 5.33. The van der Waals surface area contributed by atoms with Gasteiger partial charge in [-0.3, -0.25) is 4.99 Å². The van der Waals surface area contributed by atoms with E-state index >= 15 is 0 Å². The molecule has 1 aliphatic heterocycles. The first-order valence-electron chi connectivity index (χ1n) is 9.56. The van der Waals surface area contributed by atoms with E-state index in [9.17, 15) is 4.79 Å². The molecule has 1 heterocycles. The summed E-state index contributed by atoms with van der Waals surface area (Å²) >= 11 is 6.11. The first-order valence-corrected chi connectivity index (χ1v) is 9.94. The smallest absolute Gasteiger partial charge is 0.410 e. The number of benzene rings is 1. The number of carbonyl (C=O) groups is 1. The van der Waals surface area contributed by atoms with E-state index in [-0.39, 0.29) is 30.1 Å². The molecule has 0 radical (unpaired) electrons. The number of halogens is 2. The Morgan fingerprint density at radius 3 is 2.76 bits per heavy atom. The Morgan fingerprint density at radius 2 is 2.14 bits per heavy atom. The molecule has 0 spiro atoms. The molecule has 2 rings (SSSR count). The van der Waals surface area contributed by atoms with Crippen LogP contribution in [0, 0.1) is 5.92 Å². The molecule has 1 amide bonds. The van der Waals surface area contributed by atoms with Crippen molar-refractivity contribution in [2.45, 2.75) is 45.6 Å². The summed E-state index contributed by atoms with van der Waals surface area (Å²) < 4.78 is 10.6. The molecule has 1 atom stereocenters. The van der Waals surface area contributed by atoms with Crippen molar-refractivity contribution >= 4 is 53.3 Å². The number of nitrogens with zero attached hydrogens (tertiary/aromatic N) is 2. The Labute approximate surface area is 195 Å². The lowest BCUT2D eigenvalue weighted by Crippen LogP contribution is -2.43. The van der Waals surface area contributed by atoms with Gasteiger partial charge in [-0.1, -0.05) is 11.6 Å². The number of hydrogen-bond acceptors (Lipinski definition) is 4. The van der Waals surface area contributed by atoms with Gasteiger partial charge in [0.1, 0.15) is 11.4 Å². The normalized spacial score (nSPS) is 17.3. The molecular formula is C20H32ClIN4O3. The SMILES string of the molecule is COc1ccc(NC(N)=NCCC2CCCN(C(=O)OC(C)(C)C)C2)cc1Cl.I. The molecule has 1 saturated heterocycles. The number of anilines is 1. The lowest BCUT2D eigenvalue weighted by molar-refractivity contribution is 0.0163. The molecule has 164 valence electrons. The van der Waals surface area contributed by atoms with Crippen molar-refractivity contribution in [3.8, 4) is 5.75 Å². The largest absolute Gasteiger partial charge is 0.495 e. The van der Waals surface area contributed by atoms with Gasteiger partial charge in [-0.25, -0.2) is 4.79 Å². The van der Waals surface area contributed by atoms with Crippen LogP contribution in [0.4, 0.5) is 10.5 Å². The second-order valence-corrected chi connectivity index (χ2v) is 8.37. The fourth-order valence-corrected chi connectivity index (χ4v) is 3.35. The number of rotatable bonds is 5. The van der Waals surface area contributed by atoms with Crippen LogP contribution in [-0.4, -0.2) is 49.3 Å². The molecule has 1 unspecified atom stereocenters. The summed E-state index contributed by atoms with van der Waals surface area (Å²) in [6.07, 6.45) is 2.69. The summed E-state index contributed by atoms with van der Waals surface area (Å²) in [5.74, 6) is 1.34. The van der Waals surface area contributed by atoms with Gasteiger partial charge in [0.2, 0.25) is 0 Å². The van der Waals surface area contributed by atoms with Crippen LogP contribution in [0.3, 0.4) is 0 Å². The fourth-order valence-electron chi connectivity index (χ4n) is 3.09. The zero-order chi connectivity index (χ0) is 20.7.